The number of aromatic nitrogens is 2. The fourth-order valence-electron chi connectivity index (χ4n) is 7.33. The molecule has 9 heteroatoms. The van der Waals surface area contributed by atoms with Gasteiger partial charge in [0.25, 0.3) is 5.91 Å². The third-order valence-corrected chi connectivity index (χ3v) is 10.7. The first-order valence-electron chi connectivity index (χ1n) is 15.5. The van der Waals surface area contributed by atoms with Crippen LogP contribution in [0.3, 0.4) is 0 Å². The van der Waals surface area contributed by atoms with Crippen LogP contribution in [0.15, 0.2) is 36.4 Å². The van der Waals surface area contributed by atoms with Crippen LogP contribution < -0.4 is 5.32 Å². The van der Waals surface area contributed by atoms with Gasteiger partial charge in [-0.25, -0.2) is 4.79 Å². The third-order valence-electron chi connectivity index (χ3n) is 9.55. The van der Waals surface area contributed by atoms with E-state index in [0.717, 1.165) is 72.4 Å². The van der Waals surface area contributed by atoms with Crippen molar-refractivity contribution >= 4 is 33.6 Å². The van der Waals surface area contributed by atoms with Crippen LogP contribution >= 0.6 is 11.3 Å². The van der Waals surface area contributed by atoms with Crippen molar-refractivity contribution in [1.82, 2.24) is 24.9 Å². The Hall–Kier alpha value is -2.91. The predicted octanol–water partition coefficient (Wildman–Crippen LogP) is 6.25. The summed E-state index contributed by atoms with van der Waals surface area (Å²) in [7, 11) is 0. The molecule has 0 bridgehead atoms. The summed E-state index contributed by atoms with van der Waals surface area (Å²) in [4.78, 5) is 31.5. The monoisotopic (exact) mass is 577 g/mol. The molecule has 8 nitrogen and oxygen atoms in total. The lowest BCUT2D eigenvalue weighted by atomic mass is 9.89. The molecule has 1 aromatic carbocycles. The lowest BCUT2D eigenvalue weighted by molar-refractivity contribution is 0.0892. The number of hydrogen-bond acceptors (Lipinski definition) is 5. The summed E-state index contributed by atoms with van der Waals surface area (Å²) in [5, 5.41) is 19.2. The first-order valence-corrected chi connectivity index (χ1v) is 16.3. The molecule has 41 heavy (non-hydrogen) atoms. The van der Waals surface area contributed by atoms with E-state index in [4.69, 9.17) is 5.10 Å². The molecule has 0 radical (unpaired) electrons. The second-order valence-corrected chi connectivity index (χ2v) is 13.3. The summed E-state index contributed by atoms with van der Waals surface area (Å²) in [5.74, 6) is 0.0408. The van der Waals surface area contributed by atoms with Crippen molar-refractivity contribution in [3.8, 4) is 0 Å². The zero-order valence-corrected chi connectivity index (χ0v) is 25.0. The van der Waals surface area contributed by atoms with Crippen molar-refractivity contribution in [2.24, 2.45) is 0 Å². The summed E-state index contributed by atoms with van der Waals surface area (Å²) < 4.78 is 2.20. The molecule has 3 aliphatic rings. The van der Waals surface area contributed by atoms with Crippen LogP contribution in [0.2, 0.25) is 0 Å². The van der Waals surface area contributed by atoms with Gasteiger partial charge in [0.05, 0.1) is 22.7 Å². The number of fused-ring (bicyclic) bond motifs is 1. The highest BCUT2D eigenvalue weighted by Gasteiger charge is 2.34. The van der Waals surface area contributed by atoms with E-state index in [0.29, 0.717) is 18.6 Å². The van der Waals surface area contributed by atoms with Gasteiger partial charge in [-0.2, -0.15) is 5.10 Å². The first kappa shape index (κ1) is 28.2. The van der Waals surface area contributed by atoms with Crippen molar-refractivity contribution in [3.05, 3.63) is 52.5 Å². The van der Waals surface area contributed by atoms with Crippen LogP contribution in [0.4, 0.5) is 4.79 Å². The number of nitrogens with zero attached hydrogens (tertiary/aromatic N) is 4. The van der Waals surface area contributed by atoms with Crippen LogP contribution in [-0.4, -0.2) is 74.4 Å². The highest BCUT2D eigenvalue weighted by molar-refractivity contribution is 7.20. The van der Waals surface area contributed by atoms with Gasteiger partial charge in [0.15, 0.2) is 0 Å². The summed E-state index contributed by atoms with van der Waals surface area (Å²) in [6.45, 7) is 4.33. The van der Waals surface area contributed by atoms with Crippen molar-refractivity contribution in [2.75, 3.05) is 19.6 Å². The minimum Gasteiger partial charge on any atom is -0.465 e. The summed E-state index contributed by atoms with van der Waals surface area (Å²) in [6.07, 6.45) is 10.9. The molecule has 1 saturated heterocycles. The smallest absolute Gasteiger partial charge is 0.407 e. The molecule has 220 valence electrons. The Labute approximate surface area is 246 Å². The molecule has 6 rings (SSSR count). The maximum atomic E-state index is 13.3. The molecule has 2 saturated carbocycles. The van der Waals surface area contributed by atoms with Crippen LogP contribution in [0, 0.1) is 6.92 Å². The number of carboxylic acid groups (broad SMARTS) is 1. The molecule has 3 fully saturated rings. The fraction of sp³-hybridized carbons (Fsp3) is 0.594. The van der Waals surface area contributed by atoms with Gasteiger partial charge in [0.2, 0.25) is 0 Å². The largest absolute Gasteiger partial charge is 0.465 e. The van der Waals surface area contributed by atoms with Crippen LogP contribution in [-0.2, 0) is 6.42 Å². The first-order chi connectivity index (χ1) is 20.0. The summed E-state index contributed by atoms with van der Waals surface area (Å²) >= 11 is 1.59. The zero-order chi connectivity index (χ0) is 28.3. The lowest BCUT2D eigenvalue weighted by Crippen LogP contribution is -2.49. The van der Waals surface area contributed by atoms with Crippen molar-refractivity contribution < 1.29 is 14.7 Å². The van der Waals surface area contributed by atoms with Gasteiger partial charge in [-0.15, -0.1) is 11.3 Å². The average molecular weight is 578 g/mol. The number of hydrogen-bond donors (Lipinski definition) is 2. The molecule has 3 heterocycles. The normalized spacial score (nSPS) is 24.8. The minimum absolute atomic E-state index is 0.0408. The number of thiophene rings is 1. The van der Waals surface area contributed by atoms with E-state index >= 15 is 0 Å². The van der Waals surface area contributed by atoms with Crippen LogP contribution in [0.25, 0.3) is 10.2 Å². The Kier molecular flexibility index (Phi) is 8.63. The SMILES string of the molecule is Cc1nn(C2CCCCC2)c2sc(C(=O)NC3CCC(N4CCCN(C(=O)O)C(Cc5ccccc5)C4)CC3)cc12. The molecule has 2 aliphatic carbocycles. The number of aryl methyl sites for hydroxylation is 1. The Morgan fingerprint density at radius 3 is 2.46 bits per heavy atom. The Morgan fingerprint density at radius 2 is 1.73 bits per heavy atom. The standard InChI is InChI=1S/C32H43N5O3S/c1-22-28-20-29(41-31(28)37(34-22)26-11-6-3-7-12-26)30(38)33-24-13-15-25(16-14-24)35-17-8-18-36(32(39)40)27(21-35)19-23-9-4-2-5-10-23/h2,4-5,9-10,20,24-27H,3,6-8,11-19,21H2,1H3,(H,33,38)(H,39,40). The van der Waals surface area contributed by atoms with E-state index in [1.165, 1.54) is 37.7 Å². The van der Waals surface area contributed by atoms with Gasteiger partial charge in [0.1, 0.15) is 4.83 Å². The number of amides is 2. The Balaban J connectivity index is 1.06. The lowest BCUT2D eigenvalue weighted by Gasteiger charge is -2.38. The predicted molar refractivity (Wildman–Crippen MR) is 163 cm³/mol. The minimum atomic E-state index is -0.818. The molecule has 2 amide bonds. The molecule has 1 atom stereocenters. The number of carbonyl (C=O) groups excluding carboxylic acids is 1. The molecule has 3 aromatic rings. The van der Waals surface area contributed by atoms with E-state index in [9.17, 15) is 14.7 Å². The van der Waals surface area contributed by atoms with Crippen molar-refractivity contribution in [2.45, 2.75) is 102 Å². The van der Waals surface area contributed by atoms with Gasteiger partial charge in [0, 0.05) is 37.1 Å². The summed E-state index contributed by atoms with van der Waals surface area (Å²) in [5.41, 5.74) is 2.20. The highest BCUT2D eigenvalue weighted by atomic mass is 32.1. The number of carbonyl (C=O) groups is 2. The van der Waals surface area contributed by atoms with Crippen LogP contribution in [0.1, 0.15) is 91.2 Å². The Morgan fingerprint density at radius 1 is 0.976 bits per heavy atom. The Bertz CT molecular complexity index is 1340. The molecule has 2 N–H and O–H groups in total. The van der Waals surface area contributed by atoms with E-state index in [1.54, 1.807) is 16.2 Å². The maximum absolute atomic E-state index is 13.3. The molecule has 2 aromatic heterocycles. The quantitative estimate of drug-likeness (QED) is 0.362. The number of benzene rings is 1. The van der Waals surface area contributed by atoms with Crippen LogP contribution in [0.5, 0.6) is 0 Å². The summed E-state index contributed by atoms with van der Waals surface area (Å²) in [6, 6.07) is 13.3. The van der Waals surface area contributed by atoms with Gasteiger partial charge >= 0.3 is 6.09 Å². The van der Waals surface area contributed by atoms with E-state index < -0.39 is 6.09 Å². The van der Waals surface area contributed by atoms with Gasteiger partial charge in [-0.1, -0.05) is 49.6 Å². The molecular weight excluding hydrogens is 534 g/mol. The van der Waals surface area contributed by atoms with E-state index in [2.05, 4.69) is 34.0 Å². The highest BCUT2D eigenvalue weighted by Crippen LogP contribution is 2.36. The molecule has 1 aliphatic heterocycles. The maximum Gasteiger partial charge on any atom is 0.407 e. The molecule has 0 spiro atoms. The fourth-order valence-corrected chi connectivity index (χ4v) is 8.47. The second kappa shape index (κ2) is 12.5. The van der Waals surface area contributed by atoms with Gasteiger partial charge in [-0.3, -0.25) is 14.4 Å². The van der Waals surface area contributed by atoms with E-state index in [1.807, 2.05) is 24.3 Å². The topological polar surface area (TPSA) is 90.7 Å². The number of rotatable bonds is 6. The van der Waals surface area contributed by atoms with Gasteiger partial charge < -0.3 is 15.3 Å². The van der Waals surface area contributed by atoms with Crippen molar-refractivity contribution in [3.63, 3.8) is 0 Å². The van der Waals surface area contributed by atoms with Crippen molar-refractivity contribution in [1.29, 1.82) is 0 Å². The zero-order valence-electron chi connectivity index (χ0n) is 24.1. The van der Waals surface area contributed by atoms with Gasteiger partial charge in [-0.05, 0) is 69.9 Å². The average Bonchev–Trinajstić information content (AvgIpc) is 3.48. The number of nitrogens with one attached hydrogen (secondary N) is 1. The van der Waals surface area contributed by atoms with E-state index in [-0.39, 0.29) is 18.0 Å². The third kappa shape index (κ3) is 6.31. The molecule has 1 unspecified atom stereocenters. The second-order valence-electron chi connectivity index (χ2n) is 12.3. The molecular formula is C32H43N5O3S.